The topological polar surface area (TPSA) is 82.3 Å². The van der Waals surface area contributed by atoms with Crippen molar-refractivity contribution in [3.8, 4) is 5.75 Å². The lowest BCUT2D eigenvalue weighted by molar-refractivity contribution is 0.274. The third-order valence-corrected chi connectivity index (χ3v) is 3.90. The summed E-state index contributed by atoms with van der Waals surface area (Å²) < 4.78 is 27.7. The lowest BCUT2D eigenvalue weighted by atomic mass is 10.2. The minimum Gasteiger partial charge on any atom is -0.491 e. The summed E-state index contributed by atoms with van der Waals surface area (Å²) in [5.41, 5.74) is 1.70. The van der Waals surface area contributed by atoms with E-state index in [-0.39, 0.29) is 18.3 Å². The SMILES string of the molecule is Cc1ccc2cccc(OCC(C)CS(N)(=O)=O)c2n1. The molecule has 0 saturated heterocycles. The van der Waals surface area contributed by atoms with Gasteiger partial charge in [-0.15, -0.1) is 0 Å². The first-order valence-corrected chi connectivity index (χ1v) is 8.06. The Morgan fingerprint density at radius 2 is 2.05 bits per heavy atom. The molecule has 1 heterocycles. The zero-order valence-electron chi connectivity index (χ0n) is 11.5. The summed E-state index contributed by atoms with van der Waals surface area (Å²) in [6, 6.07) is 9.61. The van der Waals surface area contributed by atoms with E-state index in [9.17, 15) is 8.42 Å². The predicted molar refractivity (Wildman–Crippen MR) is 79.1 cm³/mol. The van der Waals surface area contributed by atoms with Crippen molar-refractivity contribution >= 4 is 20.9 Å². The van der Waals surface area contributed by atoms with E-state index in [1.165, 1.54) is 0 Å². The molecular formula is C14H18N2O3S. The highest BCUT2D eigenvalue weighted by atomic mass is 32.2. The van der Waals surface area contributed by atoms with Gasteiger partial charge < -0.3 is 4.74 Å². The number of para-hydroxylation sites is 1. The second-order valence-corrected chi connectivity index (χ2v) is 6.69. The molecule has 0 bridgehead atoms. The second kappa shape index (κ2) is 5.76. The first-order valence-electron chi connectivity index (χ1n) is 6.35. The number of rotatable bonds is 5. The maximum atomic E-state index is 11.0. The molecule has 0 fully saturated rings. The van der Waals surface area contributed by atoms with Crippen LogP contribution >= 0.6 is 0 Å². The van der Waals surface area contributed by atoms with Crippen molar-refractivity contribution in [1.82, 2.24) is 4.98 Å². The number of aromatic nitrogens is 1. The fourth-order valence-corrected chi connectivity index (χ4v) is 2.90. The fourth-order valence-electron chi connectivity index (χ4n) is 2.01. The first kappa shape index (κ1) is 14.7. The van der Waals surface area contributed by atoms with Gasteiger partial charge in [0.2, 0.25) is 10.0 Å². The second-order valence-electron chi connectivity index (χ2n) is 5.03. The summed E-state index contributed by atoms with van der Waals surface area (Å²) >= 11 is 0. The molecule has 0 aliphatic rings. The number of fused-ring (bicyclic) bond motifs is 1. The fraction of sp³-hybridized carbons (Fsp3) is 0.357. The van der Waals surface area contributed by atoms with Crippen LogP contribution in [-0.2, 0) is 10.0 Å². The molecule has 1 atom stereocenters. The van der Waals surface area contributed by atoms with E-state index in [1.807, 2.05) is 37.3 Å². The van der Waals surface area contributed by atoms with Crippen LogP contribution in [0.2, 0.25) is 0 Å². The number of pyridine rings is 1. The number of benzene rings is 1. The number of hydrogen-bond acceptors (Lipinski definition) is 4. The van der Waals surface area contributed by atoms with Crippen molar-refractivity contribution in [1.29, 1.82) is 0 Å². The molecule has 2 N–H and O–H groups in total. The Balaban J connectivity index is 2.16. The minimum atomic E-state index is -3.47. The molecule has 20 heavy (non-hydrogen) atoms. The lowest BCUT2D eigenvalue weighted by Gasteiger charge is -2.13. The zero-order valence-corrected chi connectivity index (χ0v) is 12.4. The maximum Gasteiger partial charge on any atom is 0.209 e. The largest absolute Gasteiger partial charge is 0.491 e. The van der Waals surface area contributed by atoms with Crippen molar-refractivity contribution < 1.29 is 13.2 Å². The smallest absolute Gasteiger partial charge is 0.209 e. The van der Waals surface area contributed by atoms with Crippen molar-refractivity contribution in [3.05, 3.63) is 36.0 Å². The highest BCUT2D eigenvalue weighted by Gasteiger charge is 2.12. The Bertz CT molecular complexity index is 713. The Kier molecular flexibility index (Phi) is 4.25. The third-order valence-electron chi connectivity index (χ3n) is 2.86. The zero-order chi connectivity index (χ0) is 14.8. The van der Waals surface area contributed by atoms with Gasteiger partial charge in [-0.25, -0.2) is 18.5 Å². The molecule has 108 valence electrons. The van der Waals surface area contributed by atoms with Gasteiger partial charge in [0.15, 0.2) is 0 Å². The minimum absolute atomic E-state index is 0.0930. The Morgan fingerprint density at radius 1 is 1.30 bits per heavy atom. The molecule has 1 aromatic heterocycles. The van der Waals surface area contributed by atoms with Gasteiger partial charge in [-0.1, -0.05) is 25.1 Å². The summed E-state index contributed by atoms with van der Waals surface area (Å²) in [7, 11) is -3.47. The summed E-state index contributed by atoms with van der Waals surface area (Å²) in [4.78, 5) is 4.46. The molecule has 0 aliphatic carbocycles. The van der Waals surface area contributed by atoms with Gasteiger partial charge in [-0.05, 0) is 19.1 Å². The predicted octanol–water partition coefficient (Wildman–Crippen LogP) is 1.85. The van der Waals surface area contributed by atoms with Crippen molar-refractivity contribution in [2.24, 2.45) is 11.1 Å². The van der Waals surface area contributed by atoms with E-state index >= 15 is 0 Å². The monoisotopic (exact) mass is 294 g/mol. The average Bonchev–Trinajstić information content (AvgIpc) is 2.34. The number of sulfonamides is 1. The van der Waals surface area contributed by atoms with E-state index in [4.69, 9.17) is 9.88 Å². The first-order chi connectivity index (χ1) is 9.35. The molecule has 2 rings (SSSR count). The summed E-state index contributed by atoms with van der Waals surface area (Å²) in [5, 5.41) is 6.01. The van der Waals surface area contributed by atoms with Crippen LogP contribution < -0.4 is 9.88 Å². The van der Waals surface area contributed by atoms with Crippen LogP contribution in [0.25, 0.3) is 10.9 Å². The van der Waals surface area contributed by atoms with E-state index in [0.29, 0.717) is 5.75 Å². The van der Waals surface area contributed by atoms with E-state index in [0.717, 1.165) is 16.6 Å². The molecule has 5 nitrogen and oxygen atoms in total. The van der Waals surface area contributed by atoms with Gasteiger partial charge in [-0.3, -0.25) is 0 Å². The average molecular weight is 294 g/mol. The number of ether oxygens (including phenoxy) is 1. The lowest BCUT2D eigenvalue weighted by Crippen LogP contribution is -2.25. The number of primary sulfonamides is 1. The van der Waals surface area contributed by atoms with Crippen molar-refractivity contribution in [3.63, 3.8) is 0 Å². The van der Waals surface area contributed by atoms with Crippen LogP contribution in [0.1, 0.15) is 12.6 Å². The Labute approximate surface area is 118 Å². The molecule has 0 aliphatic heterocycles. The molecule has 1 unspecified atom stereocenters. The van der Waals surface area contributed by atoms with E-state index in [1.54, 1.807) is 6.92 Å². The molecule has 6 heteroatoms. The van der Waals surface area contributed by atoms with Crippen LogP contribution in [0.15, 0.2) is 30.3 Å². The van der Waals surface area contributed by atoms with Crippen molar-refractivity contribution in [2.45, 2.75) is 13.8 Å². The van der Waals surface area contributed by atoms with Gasteiger partial charge in [0.1, 0.15) is 11.3 Å². The molecule has 0 radical (unpaired) electrons. The molecule has 0 amide bonds. The van der Waals surface area contributed by atoms with E-state index < -0.39 is 10.0 Å². The summed E-state index contributed by atoms with van der Waals surface area (Å²) in [6.07, 6.45) is 0. The number of nitrogens with zero attached hydrogens (tertiary/aromatic N) is 1. The standard InChI is InChI=1S/C14H18N2O3S/c1-10(9-20(15,17)18)8-19-13-5-3-4-12-7-6-11(2)16-14(12)13/h3-7,10H,8-9H2,1-2H3,(H2,15,17,18). The molecular weight excluding hydrogens is 276 g/mol. The van der Waals surface area contributed by atoms with Crippen LogP contribution in [0.3, 0.4) is 0 Å². The van der Waals surface area contributed by atoms with Crippen LogP contribution in [-0.4, -0.2) is 25.8 Å². The highest BCUT2D eigenvalue weighted by molar-refractivity contribution is 7.89. The van der Waals surface area contributed by atoms with Gasteiger partial charge >= 0.3 is 0 Å². The molecule has 0 saturated carbocycles. The summed E-state index contributed by atoms with van der Waals surface area (Å²) in [6.45, 7) is 3.99. The van der Waals surface area contributed by atoms with Crippen molar-refractivity contribution in [2.75, 3.05) is 12.4 Å². The quantitative estimate of drug-likeness (QED) is 0.912. The highest BCUT2D eigenvalue weighted by Crippen LogP contribution is 2.24. The number of nitrogens with two attached hydrogens (primary N) is 1. The van der Waals surface area contributed by atoms with Crippen LogP contribution in [0, 0.1) is 12.8 Å². The molecule has 1 aromatic carbocycles. The van der Waals surface area contributed by atoms with Gasteiger partial charge in [0.05, 0.1) is 12.4 Å². The Morgan fingerprint density at radius 3 is 2.75 bits per heavy atom. The summed E-state index contributed by atoms with van der Waals surface area (Å²) in [5.74, 6) is 0.391. The van der Waals surface area contributed by atoms with Gasteiger partial charge in [-0.2, -0.15) is 0 Å². The normalized spacial score (nSPS) is 13.3. The van der Waals surface area contributed by atoms with Crippen LogP contribution in [0.5, 0.6) is 5.75 Å². The molecule has 2 aromatic rings. The maximum absolute atomic E-state index is 11.0. The number of hydrogen-bond donors (Lipinski definition) is 1. The third kappa shape index (κ3) is 3.91. The number of aryl methyl sites for hydroxylation is 1. The van der Waals surface area contributed by atoms with Gasteiger partial charge in [0.25, 0.3) is 0 Å². The van der Waals surface area contributed by atoms with Crippen LogP contribution in [0.4, 0.5) is 0 Å². The molecule has 0 spiro atoms. The van der Waals surface area contributed by atoms with E-state index in [2.05, 4.69) is 4.98 Å². The Hall–Kier alpha value is -1.66. The van der Waals surface area contributed by atoms with Gasteiger partial charge in [0, 0.05) is 17.0 Å².